The molecule has 124 valence electrons. The van der Waals surface area contributed by atoms with Crippen molar-refractivity contribution in [3.8, 4) is 0 Å². The molecule has 0 aromatic carbocycles. The van der Waals surface area contributed by atoms with Gasteiger partial charge >= 0.3 is 0 Å². The highest BCUT2D eigenvalue weighted by atomic mass is 16.5. The molecule has 23 heavy (non-hydrogen) atoms. The van der Waals surface area contributed by atoms with E-state index in [1.165, 1.54) is 5.56 Å². The summed E-state index contributed by atoms with van der Waals surface area (Å²) in [6.07, 6.45) is 3.79. The number of hydrogen-bond acceptors (Lipinski definition) is 6. The minimum absolute atomic E-state index is 0.228. The Morgan fingerprint density at radius 3 is 2.52 bits per heavy atom. The van der Waals surface area contributed by atoms with Gasteiger partial charge in [-0.15, -0.1) is 0 Å². The number of morpholine rings is 1. The molecule has 1 fully saturated rings. The van der Waals surface area contributed by atoms with Crippen LogP contribution in [-0.4, -0.2) is 36.3 Å². The summed E-state index contributed by atoms with van der Waals surface area (Å²) in [6, 6.07) is 2.32. The lowest BCUT2D eigenvalue weighted by Gasteiger charge is -2.26. The van der Waals surface area contributed by atoms with E-state index in [-0.39, 0.29) is 6.04 Å². The first-order chi connectivity index (χ1) is 11.1. The fourth-order valence-electron chi connectivity index (χ4n) is 2.83. The molecule has 2 aromatic rings. The number of aryl methyl sites for hydroxylation is 2. The Balaban J connectivity index is 1.57. The zero-order valence-electron chi connectivity index (χ0n) is 14.0. The van der Waals surface area contributed by atoms with E-state index in [0.29, 0.717) is 0 Å². The number of rotatable bonds is 5. The first-order valence-electron chi connectivity index (χ1n) is 8.07. The topological polar surface area (TPSA) is 63.4 Å². The number of nitrogens with one attached hydrogen (secondary N) is 1. The third kappa shape index (κ3) is 3.89. The van der Waals surface area contributed by atoms with E-state index < -0.39 is 0 Å². The van der Waals surface area contributed by atoms with Crippen molar-refractivity contribution in [2.75, 3.05) is 31.2 Å². The molecule has 6 heteroatoms. The normalized spacial score (nSPS) is 16.6. The van der Waals surface area contributed by atoms with Gasteiger partial charge in [0.05, 0.1) is 13.2 Å². The number of furan rings is 1. The Kier molecular flexibility index (Phi) is 4.93. The van der Waals surface area contributed by atoms with Crippen LogP contribution in [0.15, 0.2) is 22.9 Å². The summed E-state index contributed by atoms with van der Waals surface area (Å²) >= 11 is 0. The van der Waals surface area contributed by atoms with Crippen LogP contribution in [-0.2, 0) is 11.3 Å². The quantitative estimate of drug-likeness (QED) is 0.914. The molecule has 0 amide bonds. The Labute approximate surface area is 136 Å². The van der Waals surface area contributed by atoms with Gasteiger partial charge in [0, 0.05) is 49.2 Å². The standard InChI is InChI=1S/C17H24N4O2/c1-12-8-16(14(3)23-12)13(2)18-9-15-10-19-17(20-11-15)21-4-6-22-7-5-21/h8,10-11,13,18H,4-7,9H2,1-3H3/t13-/m1/s1. The van der Waals surface area contributed by atoms with E-state index in [4.69, 9.17) is 9.15 Å². The maximum atomic E-state index is 5.59. The predicted octanol–water partition coefficient (Wildman–Crippen LogP) is 2.37. The van der Waals surface area contributed by atoms with Gasteiger partial charge in [-0.3, -0.25) is 0 Å². The van der Waals surface area contributed by atoms with Crippen LogP contribution >= 0.6 is 0 Å². The predicted molar refractivity (Wildman–Crippen MR) is 88.5 cm³/mol. The van der Waals surface area contributed by atoms with E-state index in [9.17, 15) is 0 Å². The third-order valence-electron chi connectivity index (χ3n) is 4.14. The van der Waals surface area contributed by atoms with Gasteiger partial charge in [0.25, 0.3) is 0 Å². The highest BCUT2D eigenvalue weighted by Gasteiger charge is 2.14. The Morgan fingerprint density at radius 2 is 1.91 bits per heavy atom. The monoisotopic (exact) mass is 316 g/mol. The average molecular weight is 316 g/mol. The van der Waals surface area contributed by atoms with Crippen molar-refractivity contribution < 1.29 is 9.15 Å². The maximum absolute atomic E-state index is 5.59. The molecule has 0 unspecified atom stereocenters. The summed E-state index contributed by atoms with van der Waals surface area (Å²) in [7, 11) is 0. The number of nitrogens with zero attached hydrogens (tertiary/aromatic N) is 3. The van der Waals surface area contributed by atoms with Crippen LogP contribution in [0.2, 0.25) is 0 Å². The van der Waals surface area contributed by atoms with Gasteiger partial charge in [-0.1, -0.05) is 0 Å². The lowest BCUT2D eigenvalue weighted by Crippen LogP contribution is -2.37. The third-order valence-corrected chi connectivity index (χ3v) is 4.14. The largest absolute Gasteiger partial charge is 0.466 e. The van der Waals surface area contributed by atoms with Gasteiger partial charge in [0.15, 0.2) is 0 Å². The smallest absolute Gasteiger partial charge is 0.225 e. The minimum Gasteiger partial charge on any atom is -0.466 e. The number of ether oxygens (including phenoxy) is 1. The van der Waals surface area contributed by atoms with Crippen molar-refractivity contribution in [1.82, 2.24) is 15.3 Å². The second kappa shape index (κ2) is 7.10. The molecule has 0 spiro atoms. The van der Waals surface area contributed by atoms with Crippen molar-refractivity contribution >= 4 is 5.95 Å². The van der Waals surface area contributed by atoms with Crippen molar-refractivity contribution in [2.24, 2.45) is 0 Å². The van der Waals surface area contributed by atoms with Crippen LogP contribution in [0.3, 0.4) is 0 Å². The first-order valence-corrected chi connectivity index (χ1v) is 8.07. The van der Waals surface area contributed by atoms with Crippen LogP contribution in [0.25, 0.3) is 0 Å². The van der Waals surface area contributed by atoms with Crippen LogP contribution < -0.4 is 10.2 Å². The summed E-state index contributed by atoms with van der Waals surface area (Å²) in [5.74, 6) is 2.71. The van der Waals surface area contributed by atoms with E-state index in [0.717, 1.165) is 55.9 Å². The van der Waals surface area contributed by atoms with Gasteiger partial charge in [-0.25, -0.2) is 9.97 Å². The fraction of sp³-hybridized carbons (Fsp3) is 0.529. The molecule has 0 aliphatic carbocycles. The molecule has 1 N–H and O–H groups in total. The molecular weight excluding hydrogens is 292 g/mol. The van der Waals surface area contributed by atoms with E-state index >= 15 is 0 Å². The highest BCUT2D eigenvalue weighted by Crippen LogP contribution is 2.21. The van der Waals surface area contributed by atoms with Gasteiger partial charge in [0.1, 0.15) is 11.5 Å². The van der Waals surface area contributed by atoms with Crippen LogP contribution in [0.1, 0.15) is 35.6 Å². The number of hydrogen-bond donors (Lipinski definition) is 1. The molecule has 2 aromatic heterocycles. The summed E-state index contributed by atoms with van der Waals surface area (Å²) in [5.41, 5.74) is 2.28. The van der Waals surface area contributed by atoms with Crippen LogP contribution in [0.5, 0.6) is 0 Å². The van der Waals surface area contributed by atoms with Crippen molar-refractivity contribution in [2.45, 2.75) is 33.4 Å². The molecular formula is C17H24N4O2. The molecule has 0 radical (unpaired) electrons. The molecule has 1 aliphatic rings. The molecule has 0 saturated carbocycles. The molecule has 1 aliphatic heterocycles. The van der Waals surface area contributed by atoms with Gasteiger partial charge < -0.3 is 19.4 Å². The molecule has 3 heterocycles. The lowest BCUT2D eigenvalue weighted by molar-refractivity contribution is 0.122. The number of anilines is 1. The molecule has 0 bridgehead atoms. The average Bonchev–Trinajstić information content (AvgIpc) is 2.92. The SMILES string of the molecule is Cc1cc([C@@H](C)NCc2cnc(N3CCOCC3)nc2)c(C)o1. The van der Waals surface area contributed by atoms with Crippen molar-refractivity contribution in [3.63, 3.8) is 0 Å². The zero-order chi connectivity index (χ0) is 16.2. The molecule has 6 nitrogen and oxygen atoms in total. The Hall–Kier alpha value is -1.92. The van der Waals surface area contributed by atoms with Gasteiger partial charge in [0.2, 0.25) is 5.95 Å². The van der Waals surface area contributed by atoms with Crippen LogP contribution in [0, 0.1) is 13.8 Å². The van der Waals surface area contributed by atoms with Gasteiger partial charge in [-0.2, -0.15) is 0 Å². The van der Waals surface area contributed by atoms with Crippen LogP contribution in [0.4, 0.5) is 5.95 Å². The van der Waals surface area contributed by atoms with Crippen molar-refractivity contribution in [1.29, 1.82) is 0 Å². The molecule has 3 rings (SSSR count). The minimum atomic E-state index is 0.228. The van der Waals surface area contributed by atoms with Crippen molar-refractivity contribution in [3.05, 3.63) is 41.1 Å². The molecule has 1 atom stereocenters. The maximum Gasteiger partial charge on any atom is 0.225 e. The van der Waals surface area contributed by atoms with E-state index in [1.807, 2.05) is 26.2 Å². The zero-order valence-corrected chi connectivity index (χ0v) is 14.0. The van der Waals surface area contributed by atoms with E-state index in [2.05, 4.69) is 33.2 Å². The highest BCUT2D eigenvalue weighted by molar-refractivity contribution is 5.30. The van der Waals surface area contributed by atoms with Gasteiger partial charge in [-0.05, 0) is 26.8 Å². The summed E-state index contributed by atoms with van der Waals surface area (Å²) in [4.78, 5) is 11.1. The van der Waals surface area contributed by atoms with E-state index in [1.54, 1.807) is 0 Å². The first kappa shape index (κ1) is 16.0. The summed E-state index contributed by atoms with van der Waals surface area (Å²) in [5, 5.41) is 3.49. The Bertz CT molecular complexity index is 633. The fourth-order valence-corrected chi connectivity index (χ4v) is 2.83. The second-order valence-electron chi connectivity index (χ2n) is 5.96. The number of aromatic nitrogens is 2. The molecule has 1 saturated heterocycles. The summed E-state index contributed by atoms with van der Waals surface area (Å²) in [6.45, 7) is 10.0. The second-order valence-corrected chi connectivity index (χ2v) is 5.96. The Morgan fingerprint density at radius 1 is 1.22 bits per heavy atom. The lowest BCUT2D eigenvalue weighted by atomic mass is 10.1. The summed E-state index contributed by atoms with van der Waals surface area (Å²) < 4.78 is 10.9.